The highest BCUT2D eigenvalue weighted by Gasteiger charge is 2.40. The van der Waals surface area contributed by atoms with E-state index in [1.165, 1.54) is 0 Å². The summed E-state index contributed by atoms with van der Waals surface area (Å²) in [6.45, 7) is 0. The maximum atomic E-state index is 13.1. The minimum Gasteiger partial charge on any atom is -0.444 e. The van der Waals surface area contributed by atoms with Gasteiger partial charge >= 0.3 is 0 Å². The molecule has 1 aliphatic heterocycles. The Morgan fingerprint density at radius 1 is 0.962 bits per heavy atom. The summed E-state index contributed by atoms with van der Waals surface area (Å²) < 4.78 is 5.76. The van der Waals surface area contributed by atoms with Crippen LogP contribution in [0.5, 0.6) is 0 Å². The van der Waals surface area contributed by atoms with Crippen molar-refractivity contribution in [3.8, 4) is 6.07 Å². The molecule has 26 heavy (non-hydrogen) atoms. The number of carbonyl (C=O) groups is 1. The average Bonchev–Trinajstić information content (AvgIpc) is 2.68. The first-order chi connectivity index (χ1) is 12.7. The van der Waals surface area contributed by atoms with Gasteiger partial charge in [0.05, 0.1) is 5.92 Å². The maximum absolute atomic E-state index is 13.1. The second-order valence-corrected chi connectivity index (χ2v) is 6.61. The molecule has 0 saturated heterocycles. The third-order valence-corrected chi connectivity index (χ3v) is 5.06. The number of benzene rings is 2. The summed E-state index contributed by atoms with van der Waals surface area (Å²) in [4.78, 5) is 13.1. The lowest BCUT2D eigenvalue weighted by Gasteiger charge is -2.34. The highest BCUT2D eigenvalue weighted by Crippen LogP contribution is 2.46. The van der Waals surface area contributed by atoms with E-state index >= 15 is 0 Å². The molecule has 2 N–H and O–H groups in total. The third-order valence-electron chi connectivity index (χ3n) is 5.06. The van der Waals surface area contributed by atoms with E-state index in [1.54, 1.807) is 0 Å². The molecule has 0 spiro atoms. The van der Waals surface area contributed by atoms with Crippen molar-refractivity contribution >= 4 is 5.78 Å². The van der Waals surface area contributed by atoms with E-state index in [0.29, 0.717) is 29.7 Å². The van der Waals surface area contributed by atoms with Crippen molar-refractivity contribution in [2.45, 2.75) is 24.7 Å². The molecule has 0 amide bonds. The number of carbonyl (C=O) groups excluding carboxylic acids is 1. The number of ketones is 1. The zero-order valence-corrected chi connectivity index (χ0v) is 14.2. The van der Waals surface area contributed by atoms with Crippen molar-refractivity contribution < 1.29 is 9.53 Å². The van der Waals surface area contributed by atoms with Crippen LogP contribution in [-0.4, -0.2) is 5.78 Å². The second kappa shape index (κ2) is 6.53. The lowest BCUT2D eigenvalue weighted by molar-refractivity contribution is -0.117. The summed E-state index contributed by atoms with van der Waals surface area (Å²) in [5, 5.41) is 9.60. The molecule has 1 heterocycles. The summed E-state index contributed by atoms with van der Waals surface area (Å²) in [5.41, 5.74) is 8.92. The van der Waals surface area contributed by atoms with Crippen LogP contribution < -0.4 is 5.73 Å². The Bertz CT molecular complexity index is 953. The Kier molecular flexibility index (Phi) is 4.06. The molecule has 0 aromatic heterocycles. The number of nitriles is 1. The summed E-state index contributed by atoms with van der Waals surface area (Å²) in [6.07, 6.45) is 1.02. The van der Waals surface area contributed by atoms with Crippen LogP contribution in [0.1, 0.15) is 35.8 Å². The third kappa shape index (κ3) is 2.68. The SMILES string of the molecule is N#CC1=C(N)OC2=C(C(=O)CC(c3ccccc3)C2)C1c1ccccc1. The van der Waals surface area contributed by atoms with E-state index in [4.69, 9.17) is 10.5 Å². The molecule has 2 aliphatic rings. The molecular weight excluding hydrogens is 324 g/mol. The summed E-state index contributed by atoms with van der Waals surface area (Å²) in [7, 11) is 0. The molecule has 4 nitrogen and oxygen atoms in total. The van der Waals surface area contributed by atoms with Gasteiger partial charge < -0.3 is 10.5 Å². The van der Waals surface area contributed by atoms with Crippen molar-refractivity contribution in [1.82, 2.24) is 0 Å². The van der Waals surface area contributed by atoms with Gasteiger partial charge in [-0.05, 0) is 17.0 Å². The zero-order valence-electron chi connectivity index (χ0n) is 14.2. The van der Waals surface area contributed by atoms with Crippen molar-refractivity contribution in [3.05, 3.63) is 94.6 Å². The first-order valence-electron chi connectivity index (χ1n) is 8.62. The van der Waals surface area contributed by atoms with Crippen LogP contribution in [0.3, 0.4) is 0 Å². The van der Waals surface area contributed by atoms with Crippen LogP contribution in [0.15, 0.2) is 83.5 Å². The molecule has 2 unspecified atom stereocenters. The summed E-state index contributed by atoms with van der Waals surface area (Å²) >= 11 is 0. The van der Waals surface area contributed by atoms with Crippen LogP contribution >= 0.6 is 0 Å². The minimum atomic E-state index is -0.450. The Balaban J connectivity index is 1.79. The van der Waals surface area contributed by atoms with Gasteiger partial charge in [0.25, 0.3) is 0 Å². The number of nitrogens with two attached hydrogens (primary N) is 1. The van der Waals surface area contributed by atoms with Crippen LogP contribution in [0.4, 0.5) is 0 Å². The van der Waals surface area contributed by atoms with Crippen LogP contribution in [0, 0.1) is 11.3 Å². The zero-order chi connectivity index (χ0) is 18.1. The quantitative estimate of drug-likeness (QED) is 0.898. The topological polar surface area (TPSA) is 76.1 Å². The maximum Gasteiger partial charge on any atom is 0.205 e. The number of allylic oxidation sites excluding steroid dienone is 3. The van der Waals surface area contributed by atoms with Gasteiger partial charge in [-0.2, -0.15) is 5.26 Å². The smallest absolute Gasteiger partial charge is 0.205 e. The second-order valence-electron chi connectivity index (χ2n) is 6.61. The minimum absolute atomic E-state index is 0.0224. The normalized spacial score (nSPS) is 22.5. The first-order valence-corrected chi connectivity index (χ1v) is 8.62. The van der Waals surface area contributed by atoms with Gasteiger partial charge in [-0.15, -0.1) is 0 Å². The fraction of sp³-hybridized carbons (Fsp3) is 0.182. The van der Waals surface area contributed by atoms with Crippen molar-refractivity contribution in [2.24, 2.45) is 5.73 Å². The van der Waals surface area contributed by atoms with Gasteiger partial charge in [0.15, 0.2) is 5.78 Å². The molecule has 2 aromatic rings. The molecule has 128 valence electrons. The molecule has 0 saturated carbocycles. The number of Topliss-reactive ketones (excluding diaryl/α,β-unsaturated/α-hetero) is 1. The lowest BCUT2D eigenvalue weighted by atomic mass is 9.74. The standard InChI is InChI=1S/C22H18N2O2/c23-13-17-20(15-9-5-2-6-10-15)21-18(25)11-16(12-19(21)26-22(17)24)14-7-3-1-4-8-14/h1-10,16,20H,11-12,24H2. The molecule has 0 radical (unpaired) electrons. The largest absolute Gasteiger partial charge is 0.444 e. The average molecular weight is 342 g/mol. The Morgan fingerprint density at radius 2 is 1.58 bits per heavy atom. The van der Waals surface area contributed by atoms with Crippen molar-refractivity contribution in [2.75, 3.05) is 0 Å². The van der Waals surface area contributed by atoms with Gasteiger partial charge in [-0.1, -0.05) is 60.7 Å². The predicted octanol–water partition coefficient (Wildman–Crippen LogP) is 3.90. The summed E-state index contributed by atoms with van der Waals surface area (Å²) in [5.74, 6) is 0.334. The van der Waals surface area contributed by atoms with Crippen LogP contribution in [-0.2, 0) is 9.53 Å². The lowest BCUT2D eigenvalue weighted by Crippen LogP contribution is -2.29. The molecule has 4 heteroatoms. The van der Waals surface area contributed by atoms with E-state index in [1.807, 2.05) is 60.7 Å². The van der Waals surface area contributed by atoms with E-state index in [0.717, 1.165) is 11.1 Å². The highest BCUT2D eigenvalue weighted by atomic mass is 16.5. The Labute approximate surface area is 152 Å². The fourth-order valence-electron chi connectivity index (χ4n) is 3.85. The van der Waals surface area contributed by atoms with Gasteiger partial charge in [-0.3, -0.25) is 4.79 Å². The molecule has 1 aliphatic carbocycles. The number of nitrogens with zero attached hydrogens (tertiary/aromatic N) is 1. The predicted molar refractivity (Wildman–Crippen MR) is 97.5 cm³/mol. The molecule has 2 aromatic carbocycles. The first kappa shape index (κ1) is 16.2. The van der Waals surface area contributed by atoms with E-state index in [2.05, 4.69) is 6.07 Å². The molecule has 4 rings (SSSR count). The van der Waals surface area contributed by atoms with Gasteiger partial charge in [-0.25, -0.2) is 0 Å². The van der Waals surface area contributed by atoms with Gasteiger partial charge in [0.1, 0.15) is 17.4 Å². The number of ether oxygens (including phenoxy) is 1. The fourth-order valence-corrected chi connectivity index (χ4v) is 3.85. The molecule has 0 bridgehead atoms. The van der Waals surface area contributed by atoms with Crippen molar-refractivity contribution in [3.63, 3.8) is 0 Å². The number of hydrogen-bond donors (Lipinski definition) is 1. The van der Waals surface area contributed by atoms with E-state index in [-0.39, 0.29) is 17.6 Å². The molecule has 2 atom stereocenters. The Morgan fingerprint density at radius 3 is 2.19 bits per heavy atom. The van der Waals surface area contributed by atoms with Gasteiger partial charge in [0, 0.05) is 18.4 Å². The highest BCUT2D eigenvalue weighted by molar-refractivity contribution is 6.00. The molecular formula is C22H18N2O2. The summed E-state index contributed by atoms with van der Waals surface area (Å²) in [6, 6.07) is 21.6. The monoisotopic (exact) mass is 342 g/mol. The number of hydrogen-bond acceptors (Lipinski definition) is 4. The van der Waals surface area contributed by atoms with Gasteiger partial charge in [0.2, 0.25) is 5.88 Å². The van der Waals surface area contributed by atoms with E-state index in [9.17, 15) is 10.1 Å². The van der Waals surface area contributed by atoms with Crippen LogP contribution in [0.2, 0.25) is 0 Å². The van der Waals surface area contributed by atoms with E-state index < -0.39 is 5.92 Å². The van der Waals surface area contributed by atoms with Crippen LogP contribution in [0.25, 0.3) is 0 Å². The van der Waals surface area contributed by atoms with Crippen molar-refractivity contribution in [1.29, 1.82) is 5.26 Å². The molecule has 0 fully saturated rings. The Hall–Kier alpha value is -3.32. The number of rotatable bonds is 2.